The van der Waals surface area contributed by atoms with E-state index in [2.05, 4.69) is 37.4 Å². The molecule has 0 fully saturated rings. The lowest BCUT2D eigenvalue weighted by atomic mass is 10.0. The Morgan fingerprint density at radius 1 is 0.627 bits per heavy atom. The van der Waals surface area contributed by atoms with Crippen molar-refractivity contribution < 1.29 is 52.9 Å². The molecule has 12 heteroatoms. The molecule has 11 nitrogen and oxygen atoms in total. The van der Waals surface area contributed by atoms with Crippen molar-refractivity contribution in [3.63, 3.8) is 0 Å². The predicted molar refractivity (Wildman–Crippen MR) is 239 cm³/mol. The minimum absolute atomic E-state index is 0.0493. The summed E-state index contributed by atoms with van der Waals surface area (Å²) in [6.45, 7) is 4.53. The fourth-order valence-electron chi connectivity index (χ4n) is 6.13. The Bertz CT molecular complexity index is 1150. The van der Waals surface area contributed by atoms with Crippen LogP contribution in [-0.4, -0.2) is 76.9 Å². The lowest BCUT2D eigenvalue weighted by Crippen LogP contribution is -2.29. The Morgan fingerprint density at radius 3 is 1.80 bits per heavy atom. The van der Waals surface area contributed by atoms with Crippen LogP contribution in [-0.2, 0) is 32.7 Å². The van der Waals surface area contributed by atoms with Gasteiger partial charge in [0.2, 0.25) is 0 Å². The van der Waals surface area contributed by atoms with Crippen LogP contribution < -0.4 is 0 Å². The lowest BCUT2D eigenvalue weighted by molar-refractivity contribution is -0.161. The maximum absolute atomic E-state index is 12.6. The number of aliphatic hydroxyl groups is 3. The first kappa shape index (κ1) is 56.9. The Labute approximate surface area is 358 Å². The molecule has 0 bridgehead atoms. The molecule has 0 saturated carbocycles. The minimum atomic E-state index is -4.66. The van der Waals surface area contributed by atoms with E-state index >= 15 is 0 Å². The van der Waals surface area contributed by atoms with E-state index in [1.807, 2.05) is 18.2 Å². The van der Waals surface area contributed by atoms with E-state index in [4.69, 9.17) is 19.1 Å². The highest BCUT2D eigenvalue weighted by molar-refractivity contribution is 7.47. The normalized spacial score (nSPS) is 14.8. The summed E-state index contributed by atoms with van der Waals surface area (Å²) >= 11 is 0. The standard InChI is InChI=1S/C47H85O11P/c1-4-5-6-7-8-16-20-24-29-34-43(49)35-30-25-22-27-32-37-47(52)58-45(41-57-59(53,54)56-39-44(50)38-48)40-55-46(51)36-31-26-21-18-15-13-11-9-10-12-14-17-19-23-28-33-42(2)3/h8,16,22,24-25,29-30,35,42-45,48-50H,4-7,9-15,17-21,23,26-28,31-34,36-41H2,1-3H3,(H,53,54)/b16-8-,25-22+,29-24-,35-30-/t43?,44-,45+/m0/s1. The quantitative estimate of drug-likeness (QED) is 0.0151. The van der Waals surface area contributed by atoms with Crippen molar-refractivity contribution in [1.29, 1.82) is 0 Å². The van der Waals surface area contributed by atoms with E-state index in [1.165, 1.54) is 96.3 Å². The van der Waals surface area contributed by atoms with Crippen molar-refractivity contribution in [3.05, 3.63) is 48.6 Å². The van der Waals surface area contributed by atoms with Crippen LogP contribution in [0.4, 0.5) is 0 Å². The predicted octanol–water partition coefficient (Wildman–Crippen LogP) is 11.3. The number of carbonyl (C=O) groups excluding carboxylic acids is 2. The van der Waals surface area contributed by atoms with Crippen LogP contribution in [0.5, 0.6) is 0 Å². The molecule has 0 aromatic carbocycles. The van der Waals surface area contributed by atoms with Gasteiger partial charge in [-0.25, -0.2) is 4.57 Å². The molecule has 0 radical (unpaired) electrons. The summed E-state index contributed by atoms with van der Waals surface area (Å²) in [5, 5.41) is 28.5. The first-order chi connectivity index (χ1) is 28.5. The maximum Gasteiger partial charge on any atom is 0.472 e. The number of unbranched alkanes of at least 4 members (excludes halogenated alkanes) is 18. The third kappa shape index (κ3) is 42.4. The zero-order valence-electron chi connectivity index (χ0n) is 37.2. The van der Waals surface area contributed by atoms with Crippen LogP contribution in [0.2, 0.25) is 0 Å². The molecule has 4 atom stereocenters. The molecule has 2 unspecified atom stereocenters. The van der Waals surface area contributed by atoms with Crippen LogP contribution in [0.15, 0.2) is 48.6 Å². The second-order valence-electron chi connectivity index (χ2n) is 16.1. The van der Waals surface area contributed by atoms with Gasteiger partial charge in [-0.05, 0) is 50.9 Å². The van der Waals surface area contributed by atoms with Gasteiger partial charge in [0.25, 0.3) is 0 Å². The Morgan fingerprint density at radius 2 is 1.19 bits per heavy atom. The van der Waals surface area contributed by atoms with Crippen molar-refractivity contribution >= 4 is 19.8 Å². The van der Waals surface area contributed by atoms with Gasteiger partial charge in [0.05, 0.1) is 25.9 Å². The Balaban J connectivity index is 4.41. The van der Waals surface area contributed by atoms with Gasteiger partial charge in [-0.15, -0.1) is 0 Å². The smallest absolute Gasteiger partial charge is 0.462 e. The van der Waals surface area contributed by atoms with E-state index in [1.54, 1.807) is 18.2 Å². The second kappa shape index (κ2) is 41.3. The first-order valence-corrected chi connectivity index (χ1v) is 24.6. The topological polar surface area (TPSA) is 169 Å². The fourth-order valence-corrected chi connectivity index (χ4v) is 6.92. The van der Waals surface area contributed by atoms with Gasteiger partial charge in [-0.1, -0.05) is 179 Å². The summed E-state index contributed by atoms with van der Waals surface area (Å²) in [5.74, 6) is -0.228. The Hall–Kier alpha value is -2.11. The lowest BCUT2D eigenvalue weighted by Gasteiger charge is -2.20. The van der Waals surface area contributed by atoms with E-state index in [9.17, 15) is 29.3 Å². The molecule has 0 aliphatic heterocycles. The zero-order chi connectivity index (χ0) is 43.7. The van der Waals surface area contributed by atoms with Crippen molar-refractivity contribution in [2.75, 3.05) is 26.4 Å². The van der Waals surface area contributed by atoms with Crippen LogP contribution in [0.3, 0.4) is 0 Å². The number of carbonyl (C=O) groups is 2. The summed E-state index contributed by atoms with van der Waals surface area (Å²) in [5.41, 5.74) is 0. The van der Waals surface area contributed by atoms with E-state index in [-0.39, 0.29) is 19.4 Å². The number of rotatable bonds is 42. The van der Waals surface area contributed by atoms with Crippen molar-refractivity contribution in [3.8, 4) is 0 Å². The molecule has 0 amide bonds. The summed E-state index contributed by atoms with van der Waals surface area (Å²) in [4.78, 5) is 35.0. The molecular weight excluding hydrogens is 771 g/mol. The van der Waals surface area contributed by atoms with Gasteiger partial charge in [-0.2, -0.15) is 0 Å². The van der Waals surface area contributed by atoms with Crippen molar-refractivity contribution in [2.45, 2.75) is 206 Å². The van der Waals surface area contributed by atoms with E-state index < -0.39 is 57.9 Å². The van der Waals surface area contributed by atoms with Gasteiger partial charge < -0.3 is 29.7 Å². The van der Waals surface area contributed by atoms with Crippen molar-refractivity contribution in [1.82, 2.24) is 0 Å². The third-order valence-electron chi connectivity index (χ3n) is 9.74. The van der Waals surface area contributed by atoms with Crippen LogP contribution >= 0.6 is 7.82 Å². The van der Waals surface area contributed by atoms with Gasteiger partial charge >= 0.3 is 19.8 Å². The van der Waals surface area contributed by atoms with E-state index in [0.717, 1.165) is 38.0 Å². The molecule has 0 aromatic heterocycles. The van der Waals surface area contributed by atoms with Gasteiger partial charge in [-0.3, -0.25) is 18.6 Å². The number of ether oxygens (including phenoxy) is 2. The summed E-state index contributed by atoms with van der Waals surface area (Å²) in [6, 6.07) is 0. The van der Waals surface area contributed by atoms with Gasteiger partial charge in [0.15, 0.2) is 6.10 Å². The minimum Gasteiger partial charge on any atom is -0.462 e. The van der Waals surface area contributed by atoms with Gasteiger partial charge in [0.1, 0.15) is 12.7 Å². The molecule has 0 aliphatic rings. The molecule has 0 spiro atoms. The Kier molecular flexibility index (Phi) is 39.8. The van der Waals surface area contributed by atoms with Crippen LogP contribution in [0.1, 0.15) is 188 Å². The van der Waals surface area contributed by atoms with Gasteiger partial charge in [0, 0.05) is 12.8 Å². The third-order valence-corrected chi connectivity index (χ3v) is 10.7. The summed E-state index contributed by atoms with van der Waals surface area (Å²) in [6.07, 6.45) is 39.7. The molecule has 4 N–H and O–H groups in total. The number of allylic oxidation sites excluding steroid dienone is 6. The molecule has 0 heterocycles. The monoisotopic (exact) mass is 857 g/mol. The van der Waals surface area contributed by atoms with Crippen LogP contribution in [0.25, 0.3) is 0 Å². The molecule has 0 saturated heterocycles. The maximum atomic E-state index is 12.6. The fraction of sp³-hybridized carbons (Fsp3) is 0.787. The largest absolute Gasteiger partial charge is 0.472 e. The highest BCUT2D eigenvalue weighted by Gasteiger charge is 2.27. The first-order valence-electron chi connectivity index (χ1n) is 23.1. The highest BCUT2D eigenvalue weighted by Crippen LogP contribution is 2.43. The number of aliphatic hydroxyl groups excluding tert-OH is 3. The zero-order valence-corrected chi connectivity index (χ0v) is 38.1. The average molecular weight is 857 g/mol. The molecule has 344 valence electrons. The SMILES string of the molecule is CCCCC/C=C\C/C=C\CC(O)/C=C\C=C\CCCC(=O)O[C@H](COC(=O)CCCCCCCCCCCCCCCCCC(C)C)COP(=O)(O)OC[C@@H](O)CO. The van der Waals surface area contributed by atoms with Crippen molar-refractivity contribution in [2.24, 2.45) is 5.92 Å². The highest BCUT2D eigenvalue weighted by atomic mass is 31.2. The second-order valence-corrected chi connectivity index (χ2v) is 17.6. The summed E-state index contributed by atoms with van der Waals surface area (Å²) < 4.78 is 32.6. The number of hydrogen-bond acceptors (Lipinski definition) is 10. The van der Waals surface area contributed by atoms with Crippen LogP contribution in [0, 0.1) is 5.92 Å². The molecule has 0 aliphatic carbocycles. The molecular formula is C47H85O11P. The number of hydrogen-bond donors (Lipinski definition) is 4. The summed E-state index contributed by atoms with van der Waals surface area (Å²) in [7, 11) is -4.66. The molecule has 0 rings (SSSR count). The average Bonchev–Trinajstić information content (AvgIpc) is 3.20. The molecule has 59 heavy (non-hydrogen) atoms. The number of phosphoric ester groups is 1. The number of phosphoric acid groups is 1. The number of esters is 2. The molecule has 0 aromatic rings. The van der Waals surface area contributed by atoms with E-state index in [0.29, 0.717) is 25.7 Å².